The SMILES string of the molecule is COc1ccc(S(=O)(=O)Nc2ccc(Nc3ccc(-n4ccc(C)n4)nn3)cc2)c(C)c1C. The standard InChI is InChI=1S/C23H24N6O3S/c1-15-13-14-29(27-15)23-12-11-22(25-26-23)24-18-5-7-19(8-6-18)28-33(30,31)21-10-9-20(32-4)16(2)17(21)3/h5-14,28H,1-4H3,(H,24,25). The molecule has 4 rings (SSSR count). The Morgan fingerprint density at radius 1 is 0.848 bits per heavy atom. The van der Waals surface area contributed by atoms with Crippen LogP contribution in [0.15, 0.2) is 65.7 Å². The van der Waals surface area contributed by atoms with Crippen molar-refractivity contribution in [3.05, 3.63) is 77.6 Å². The van der Waals surface area contributed by atoms with Gasteiger partial charge in [0.25, 0.3) is 10.0 Å². The second-order valence-electron chi connectivity index (χ2n) is 7.50. The van der Waals surface area contributed by atoms with Crippen molar-refractivity contribution in [2.45, 2.75) is 25.7 Å². The van der Waals surface area contributed by atoms with E-state index in [2.05, 4.69) is 25.3 Å². The van der Waals surface area contributed by atoms with Crippen molar-refractivity contribution in [1.82, 2.24) is 20.0 Å². The molecule has 2 aromatic carbocycles. The topological polar surface area (TPSA) is 111 Å². The van der Waals surface area contributed by atoms with Gasteiger partial charge in [0.2, 0.25) is 0 Å². The van der Waals surface area contributed by atoms with E-state index in [0.717, 1.165) is 16.9 Å². The van der Waals surface area contributed by atoms with E-state index < -0.39 is 10.0 Å². The molecule has 2 N–H and O–H groups in total. The number of anilines is 3. The zero-order valence-electron chi connectivity index (χ0n) is 18.7. The average Bonchev–Trinajstić information content (AvgIpc) is 3.23. The molecule has 33 heavy (non-hydrogen) atoms. The van der Waals surface area contributed by atoms with Gasteiger partial charge in [-0.15, -0.1) is 10.2 Å². The third-order valence-electron chi connectivity index (χ3n) is 5.21. The number of aromatic nitrogens is 4. The summed E-state index contributed by atoms with van der Waals surface area (Å²) in [6, 6.07) is 15.6. The molecule has 9 nitrogen and oxygen atoms in total. The summed E-state index contributed by atoms with van der Waals surface area (Å²) in [5, 5.41) is 15.8. The van der Waals surface area contributed by atoms with Gasteiger partial charge < -0.3 is 10.1 Å². The van der Waals surface area contributed by atoms with Crippen molar-refractivity contribution in [2.24, 2.45) is 0 Å². The van der Waals surface area contributed by atoms with Gasteiger partial charge in [-0.1, -0.05) is 0 Å². The molecule has 0 atom stereocenters. The van der Waals surface area contributed by atoms with Crippen molar-refractivity contribution in [2.75, 3.05) is 17.1 Å². The number of hydrogen-bond acceptors (Lipinski definition) is 7. The first-order chi connectivity index (χ1) is 15.8. The van der Waals surface area contributed by atoms with E-state index in [0.29, 0.717) is 28.6 Å². The van der Waals surface area contributed by atoms with Crippen LogP contribution in [0.2, 0.25) is 0 Å². The average molecular weight is 465 g/mol. The number of nitrogens with one attached hydrogen (secondary N) is 2. The predicted octanol–water partition coefficient (Wildman–Crippen LogP) is 4.14. The maximum absolute atomic E-state index is 12.9. The molecule has 170 valence electrons. The maximum Gasteiger partial charge on any atom is 0.262 e. The molecule has 0 saturated heterocycles. The van der Waals surface area contributed by atoms with Gasteiger partial charge in [0.15, 0.2) is 11.6 Å². The molecule has 0 saturated carbocycles. The molecule has 0 unspecified atom stereocenters. The zero-order valence-corrected chi connectivity index (χ0v) is 19.5. The minimum absolute atomic E-state index is 0.214. The van der Waals surface area contributed by atoms with Gasteiger partial charge in [-0.3, -0.25) is 4.72 Å². The van der Waals surface area contributed by atoms with E-state index in [-0.39, 0.29) is 4.90 Å². The summed E-state index contributed by atoms with van der Waals surface area (Å²) in [7, 11) is -2.19. The smallest absolute Gasteiger partial charge is 0.262 e. The highest BCUT2D eigenvalue weighted by Crippen LogP contribution is 2.28. The van der Waals surface area contributed by atoms with Crippen LogP contribution in [0.3, 0.4) is 0 Å². The third kappa shape index (κ3) is 4.80. The van der Waals surface area contributed by atoms with E-state index in [1.54, 1.807) is 61.2 Å². The first kappa shape index (κ1) is 22.3. The second-order valence-corrected chi connectivity index (χ2v) is 9.15. The monoisotopic (exact) mass is 464 g/mol. The molecule has 0 bridgehead atoms. The van der Waals surface area contributed by atoms with Crippen LogP contribution in [0.25, 0.3) is 5.82 Å². The summed E-state index contributed by atoms with van der Waals surface area (Å²) < 4.78 is 35.4. The first-order valence-electron chi connectivity index (χ1n) is 10.2. The summed E-state index contributed by atoms with van der Waals surface area (Å²) >= 11 is 0. The summed E-state index contributed by atoms with van der Waals surface area (Å²) in [6.45, 7) is 5.50. The molecule has 10 heteroatoms. The Labute approximate surface area is 192 Å². The fraction of sp³-hybridized carbons (Fsp3) is 0.174. The molecule has 0 radical (unpaired) electrons. The number of sulfonamides is 1. The minimum atomic E-state index is -3.75. The fourth-order valence-corrected chi connectivity index (χ4v) is 4.68. The van der Waals surface area contributed by atoms with Crippen LogP contribution in [-0.2, 0) is 10.0 Å². The number of rotatable bonds is 7. The van der Waals surface area contributed by atoms with Crippen molar-refractivity contribution in [1.29, 1.82) is 0 Å². The normalized spacial score (nSPS) is 11.3. The number of hydrogen-bond donors (Lipinski definition) is 2. The molecular formula is C23H24N6O3S. The quantitative estimate of drug-likeness (QED) is 0.423. The molecule has 2 aromatic heterocycles. The molecule has 0 spiro atoms. The van der Waals surface area contributed by atoms with Crippen LogP contribution in [0.5, 0.6) is 5.75 Å². The Bertz CT molecular complexity index is 1380. The lowest BCUT2D eigenvalue weighted by atomic mass is 10.1. The number of ether oxygens (including phenoxy) is 1. The first-order valence-corrected chi connectivity index (χ1v) is 11.7. The maximum atomic E-state index is 12.9. The van der Waals surface area contributed by atoms with Gasteiger partial charge in [0, 0.05) is 17.6 Å². The second kappa shape index (κ2) is 8.91. The summed E-state index contributed by atoms with van der Waals surface area (Å²) in [5.74, 6) is 1.82. The minimum Gasteiger partial charge on any atom is -0.496 e. The Morgan fingerprint density at radius 2 is 1.58 bits per heavy atom. The lowest BCUT2D eigenvalue weighted by molar-refractivity contribution is 0.411. The zero-order chi connectivity index (χ0) is 23.6. The van der Waals surface area contributed by atoms with Gasteiger partial charge >= 0.3 is 0 Å². The van der Waals surface area contributed by atoms with Crippen LogP contribution >= 0.6 is 0 Å². The number of aryl methyl sites for hydroxylation is 1. The number of methoxy groups -OCH3 is 1. The molecule has 0 aliphatic carbocycles. The van der Waals surface area contributed by atoms with Crippen LogP contribution in [0.4, 0.5) is 17.2 Å². The summed E-state index contributed by atoms with van der Waals surface area (Å²) in [4.78, 5) is 0.214. The van der Waals surface area contributed by atoms with Crippen molar-refractivity contribution in [3.8, 4) is 11.6 Å². The number of nitrogens with zero attached hydrogens (tertiary/aromatic N) is 4. The van der Waals surface area contributed by atoms with Crippen molar-refractivity contribution in [3.63, 3.8) is 0 Å². The number of benzene rings is 2. The molecule has 4 aromatic rings. The molecule has 0 aliphatic heterocycles. The van der Waals surface area contributed by atoms with Gasteiger partial charge in [-0.05, 0) is 86.5 Å². The summed E-state index contributed by atoms with van der Waals surface area (Å²) in [5.41, 5.74) is 3.52. The van der Waals surface area contributed by atoms with Crippen molar-refractivity contribution < 1.29 is 13.2 Å². The van der Waals surface area contributed by atoms with Gasteiger partial charge in [0.1, 0.15) is 5.75 Å². The molecule has 0 amide bonds. The highest BCUT2D eigenvalue weighted by Gasteiger charge is 2.19. The van der Waals surface area contributed by atoms with Crippen LogP contribution in [-0.4, -0.2) is 35.5 Å². The van der Waals surface area contributed by atoms with Crippen LogP contribution in [0.1, 0.15) is 16.8 Å². The lowest BCUT2D eigenvalue weighted by Gasteiger charge is -2.14. The summed E-state index contributed by atoms with van der Waals surface area (Å²) in [6.07, 6.45) is 1.82. The van der Waals surface area contributed by atoms with Gasteiger partial charge in [-0.25, -0.2) is 13.1 Å². The van der Waals surface area contributed by atoms with Gasteiger partial charge in [0.05, 0.1) is 17.7 Å². The molecule has 0 fully saturated rings. The van der Waals surface area contributed by atoms with E-state index in [1.165, 1.54) is 0 Å². The van der Waals surface area contributed by atoms with E-state index >= 15 is 0 Å². The molecular weight excluding hydrogens is 440 g/mol. The molecule has 0 aliphatic rings. The van der Waals surface area contributed by atoms with Crippen molar-refractivity contribution >= 4 is 27.2 Å². The van der Waals surface area contributed by atoms with Gasteiger partial charge in [-0.2, -0.15) is 5.10 Å². The highest BCUT2D eigenvalue weighted by atomic mass is 32.2. The van der Waals surface area contributed by atoms with Crippen LogP contribution in [0, 0.1) is 20.8 Å². The fourth-order valence-electron chi connectivity index (χ4n) is 3.32. The largest absolute Gasteiger partial charge is 0.496 e. The lowest BCUT2D eigenvalue weighted by Crippen LogP contribution is -2.15. The van der Waals surface area contributed by atoms with E-state index in [1.807, 2.05) is 32.2 Å². The molecule has 2 heterocycles. The van der Waals surface area contributed by atoms with Crippen LogP contribution < -0.4 is 14.8 Å². The van der Waals surface area contributed by atoms with E-state index in [9.17, 15) is 8.42 Å². The van der Waals surface area contributed by atoms with E-state index in [4.69, 9.17) is 4.74 Å². The highest BCUT2D eigenvalue weighted by molar-refractivity contribution is 7.92. The Morgan fingerprint density at radius 3 is 2.18 bits per heavy atom. The Kier molecular flexibility index (Phi) is 6.01. The Balaban J connectivity index is 1.46. The Hall–Kier alpha value is -3.92. The predicted molar refractivity (Wildman–Crippen MR) is 127 cm³/mol. The third-order valence-corrected chi connectivity index (χ3v) is 6.74.